The number of ether oxygens (including phenoxy) is 1. The summed E-state index contributed by atoms with van der Waals surface area (Å²) in [6.45, 7) is 3.40. The lowest BCUT2D eigenvalue weighted by atomic mass is 10.1. The van der Waals surface area contributed by atoms with Crippen LogP contribution in [0.25, 0.3) is 10.9 Å². The number of hydrogen-bond acceptors (Lipinski definition) is 3. The second-order valence-electron chi connectivity index (χ2n) is 5.78. The summed E-state index contributed by atoms with van der Waals surface area (Å²) in [6, 6.07) is 18.4. The van der Waals surface area contributed by atoms with Crippen LogP contribution in [0.1, 0.15) is 23.2 Å². The number of aromatic nitrogens is 1. The first kappa shape index (κ1) is 15.5. The van der Waals surface area contributed by atoms with E-state index in [9.17, 15) is 0 Å². The maximum atomic E-state index is 5.91. The van der Waals surface area contributed by atoms with Crippen LogP contribution >= 0.6 is 0 Å². The molecular weight excluding hydrogens is 284 g/mol. The number of aryl methyl sites for hydroxylation is 2. The highest BCUT2D eigenvalue weighted by Crippen LogP contribution is 2.24. The molecule has 0 bridgehead atoms. The highest BCUT2D eigenvalue weighted by molar-refractivity contribution is 5.83. The van der Waals surface area contributed by atoms with Gasteiger partial charge in [-0.25, -0.2) is 0 Å². The molecule has 118 valence electrons. The summed E-state index contributed by atoms with van der Waals surface area (Å²) in [6.07, 6.45) is 1.90. The van der Waals surface area contributed by atoms with Crippen molar-refractivity contribution in [2.24, 2.45) is 5.73 Å². The molecule has 0 spiro atoms. The number of benzene rings is 2. The van der Waals surface area contributed by atoms with Crippen LogP contribution in [0.15, 0.2) is 54.6 Å². The number of fused-ring (bicyclic) bond motifs is 1. The first-order chi connectivity index (χ1) is 11.3. The van der Waals surface area contributed by atoms with Gasteiger partial charge in [0.2, 0.25) is 0 Å². The van der Waals surface area contributed by atoms with Gasteiger partial charge in [-0.05, 0) is 61.7 Å². The highest BCUT2D eigenvalue weighted by atomic mass is 16.5. The van der Waals surface area contributed by atoms with Gasteiger partial charge in [0.15, 0.2) is 0 Å². The van der Waals surface area contributed by atoms with Crippen LogP contribution in [0.3, 0.4) is 0 Å². The van der Waals surface area contributed by atoms with E-state index >= 15 is 0 Å². The molecule has 0 saturated carbocycles. The molecule has 3 rings (SSSR count). The third-order valence-electron chi connectivity index (χ3n) is 3.93. The van der Waals surface area contributed by atoms with Gasteiger partial charge in [0, 0.05) is 11.1 Å². The van der Waals surface area contributed by atoms with E-state index in [0.29, 0.717) is 13.2 Å². The Kier molecular flexibility index (Phi) is 4.89. The molecule has 1 aromatic heterocycles. The van der Waals surface area contributed by atoms with E-state index in [1.54, 1.807) is 0 Å². The molecule has 0 aliphatic rings. The minimum atomic E-state index is 0.577. The van der Waals surface area contributed by atoms with Gasteiger partial charge in [-0.15, -0.1) is 0 Å². The summed E-state index contributed by atoms with van der Waals surface area (Å²) in [4.78, 5) is 4.72. The van der Waals surface area contributed by atoms with Crippen molar-refractivity contribution in [1.82, 2.24) is 4.98 Å². The van der Waals surface area contributed by atoms with Crippen molar-refractivity contribution in [3.05, 3.63) is 71.4 Å². The van der Waals surface area contributed by atoms with Crippen molar-refractivity contribution < 1.29 is 4.74 Å². The summed E-state index contributed by atoms with van der Waals surface area (Å²) in [7, 11) is 0. The maximum Gasteiger partial charge on any atom is 0.120 e. The van der Waals surface area contributed by atoms with Gasteiger partial charge in [-0.2, -0.15) is 0 Å². The molecule has 0 radical (unpaired) electrons. The SMILES string of the molecule is Cc1cc(CCCN)nc2ccc(OCc3ccccc3)cc12. The Morgan fingerprint density at radius 2 is 1.87 bits per heavy atom. The van der Waals surface area contributed by atoms with E-state index in [1.807, 2.05) is 30.3 Å². The van der Waals surface area contributed by atoms with Gasteiger partial charge in [-0.3, -0.25) is 4.98 Å². The minimum Gasteiger partial charge on any atom is -0.489 e. The quantitative estimate of drug-likeness (QED) is 0.748. The van der Waals surface area contributed by atoms with Crippen molar-refractivity contribution in [2.45, 2.75) is 26.4 Å². The number of nitrogens with two attached hydrogens (primary N) is 1. The van der Waals surface area contributed by atoms with E-state index in [2.05, 4.69) is 31.2 Å². The van der Waals surface area contributed by atoms with Crippen LogP contribution in [-0.2, 0) is 13.0 Å². The molecule has 0 aliphatic heterocycles. The van der Waals surface area contributed by atoms with Gasteiger partial charge in [-0.1, -0.05) is 30.3 Å². The Labute approximate surface area is 137 Å². The summed E-state index contributed by atoms with van der Waals surface area (Å²) in [5.41, 5.74) is 10.1. The van der Waals surface area contributed by atoms with Crippen molar-refractivity contribution in [3.63, 3.8) is 0 Å². The fourth-order valence-electron chi connectivity index (χ4n) is 2.69. The standard InChI is InChI=1S/C20H22N2O/c1-15-12-17(8-5-11-21)22-20-10-9-18(13-19(15)20)23-14-16-6-3-2-4-7-16/h2-4,6-7,9-10,12-13H,5,8,11,14,21H2,1H3. The van der Waals surface area contributed by atoms with Gasteiger partial charge in [0.25, 0.3) is 0 Å². The number of rotatable bonds is 6. The zero-order chi connectivity index (χ0) is 16.1. The monoisotopic (exact) mass is 306 g/mol. The maximum absolute atomic E-state index is 5.91. The largest absolute Gasteiger partial charge is 0.489 e. The fraction of sp³-hybridized carbons (Fsp3) is 0.250. The van der Waals surface area contributed by atoms with Crippen LogP contribution in [0.5, 0.6) is 5.75 Å². The molecular formula is C20H22N2O. The number of nitrogens with zero attached hydrogens (tertiary/aromatic N) is 1. The molecule has 23 heavy (non-hydrogen) atoms. The molecule has 1 heterocycles. The molecule has 3 nitrogen and oxygen atoms in total. The first-order valence-corrected chi connectivity index (χ1v) is 8.03. The minimum absolute atomic E-state index is 0.577. The Bertz CT molecular complexity index is 784. The Morgan fingerprint density at radius 3 is 2.65 bits per heavy atom. The summed E-state index contributed by atoms with van der Waals surface area (Å²) in [5.74, 6) is 0.876. The molecule has 0 saturated heterocycles. The molecule has 2 aromatic carbocycles. The molecule has 0 fully saturated rings. The lowest BCUT2D eigenvalue weighted by molar-refractivity contribution is 0.306. The fourth-order valence-corrected chi connectivity index (χ4v) is 2.69. The highest BCUT2D eigenvalue weighted by Gasteiger charge is 2.05. The lowest BCUT2D eigenvalue weighted by Crippen LogP contribution is -2.02. The van der Waals surface area contributed by atoms with E-state index < -0.39 is 0 Å². The van der Waals surface area contributed by atoms with E-state index in [1.165, 1.54) is 11.1 Å². The Morgan fingerprint density at radius 1 is 1.04 bits per heavy atom. The number of pyridine rings is 1. The second-order valence-corrected chi connectivity index (χ2v) is 5.78. The topological polar surface area (TPSA) is 48.1 Å². The third kappa shape index (κ3) is 3.88. The summed E-state index contributed by atoms with van der Waals surface area (Å²) < 4.78 is 5.91. The molecule has 0 unspecified atom stereocenters. The van der Waals surface area contributed by atoms with Crippen LogP contribution in [0.4, 0.5) is 0 Å². The van der Waals surface area contributed by atoms with Crippen molar-refractivity contribution in [2.75, 3.05) is 6.54 Å². The second kappa shape index (κ2) is 7.25. The van der Waals surface area contributed by atoms with Crippen LogP contribution in [-0.4, -0.2) is 11.5 Å². The van der Waals surface area contributed by atoms with Gasteiger partial charge in [0.05, 0.1) is 5.52 Å². The van der Waals surface area contributed by atoms with Crippen LogP contribution in [0.2, 0.25) is 0 Å². The molecule has 0 amide bonds. The molecule has 0 aliphatic carbocycles. The van der Waals surface area contributed by atoms with Crippen molar-refractivity contribution in [1.29, 1.82) is 0 Å². The predicted octanol–water partition coefficient (Wildman–Crippen LogP) is 4.01. The number of hydrogen-bond donors (Lipinski definition) is 1. The molecule has 0 atom stereocenters. The Balaban J connectivity index is 1.80. The average Bonchev–Trinajstić information content (AvgIpc) is 2.59. The molecule has 3 aromatic rings. The van der Waals surface area contributed by atoms with E-state index in [4.69, 9.17) is 15.5 Å². The summed E-state index contributed by atoms with van der Waals surface area (Å²) >= 11 is 0. The predicted molar refractivity (Wildman–Crippen MR) is 94.6 cm³/mol. The van der Waals surface area contributed by atoms with Crippen molar-refractivity contribution >= 4 is 10.9 Å². The zero-order valence-corrected chi connectivity index (χ0v) is 13.5. The molecule has 2 N–H and O–H groups in total. The summed E-state index contributed by atoms with van der Waals surface area (Å²) in [5, 5.41) is 1.15. The van der Waals surface area contributed by atoms with Crippen molar-refractivity contribution in [3.8, 4) is 5.75 Å². The van der Waals surface area contributed by atoms with Gasteiger partial charge in [0.1, 0.15) is 12.4 Å². The van der Waals surface area contributed by atoms with Gasteiger partial charge >= 0.3 is 0 Å². The normalized spacial score (nSPS) is 10.9. The van der Waals surface area contributed by atoms with Crippen LogP contribution in [0, 0.1) is 6.92 Å². The van der Waals surface area contributed by atoms with E-state index in [0.717, 1.165) is 35.2 Å². The molecule has 3 heteroatoms. The Hall–Kier alpha value is -2.39. The average molecular weight is 306 g/mol. The van der Waals surface area contributed by atoms with E-state index in [-0.39, 0.29) is 0 Å². The third-order valence-corrected chi connectivity index (χ3v) is 3.93. The first-order valence-electron chi connectivity index (χ1n) is 8.03. The smallest absolute Gasteiger partial charge is 0.120 e. The van der Waals surface area contributed by atoms with Crippen LogP contribution < -0.4 is 10.5 Å². The zero-order valence-electron chi connectivity index (χ0n) is 13.5. The lowest BCUT2D eigenvalue weighted by Gasteiger charge is -2.10. The van der Waals surface area contributed by atoms with Gasteiger partial charge < -0.3 is 10.5 Å².